The van der Waals surface area contributed by atoms with Crippen LogP contribution in [0.1, 0.15) is 0 Å². The van der Waals surface area contributed by atoms with Crippen molar-refractivity contribution in [3.8, 4) is 5.75 Å². The Balaban J connectivity index is 1.90. The van der Waals surface area contributed by atoms with Gasteiger partial charge in [-0.05, 0) is 24.3 Å². The molecule has 0 spiro atoms. The number of hydrogen-bond donors (Lipinski definition) is 2. The lowest BCUT2D eigenvalue weighted by Gasteiger charge is -2.09. The summed E-state index contributed by atoms with van der Waals surface area (Å²) in [5.41, 5.74) is 6.15. The molecule has 5 nitrogen and oxygen atoms in total. The van der Waals surface area contributed by atoms with Crippen molar-refractivity contribution in [2.24, 2.45) is 0 Å². The van der Waals surface area contributed by atoms with Gasteiger partial charge in [0.25, 0.3) is 0 Å². The van der Waals surface area contributed by atoms with Crippen LogP contribution in [0.5, 0.6) is 5.75 Å². The molecule has 7 heteroatoms. The van der Waals surface area contributed by atoms with Crippen LogP contribution in [0.15, 0.2) is 53.4 Å². The van der Waals surface area contributed by atoms with Crippen LogP contribution in [-0.4, -0.2) is 21.6 Å². The number of ether oxygens (including phenoxy) is 1. The number of rotatable bonds is 6. The van der Waals surface area contributed by atoms with E-state index in [1.54, 1.807) is 24.3 Å². The summed E-state index contributed by atoms with van der Waals surface area (Å²) < 4.78 is 44.8. The third-order valence-electron chi connectivity index (χ3n) is 2.65. The summed E-state index contributed by atoms with van der Waals surface area (Å²) in [5.74, 6) is -0.248. The second-order valence-electron chi connectivity index (χ2n) is 4.25. The van der Waals surface area contributed by atoms with Gasteiger partial charge in [0, 0.05) is 18.3 Å². The predicted octanol–water partition coefficient (Wildman–Crippen LogP) is 1.77. The van der Waals surface area contributed by atoms with Gasteiger partial charge in [0.2, 0.25) is 10.0 Å². The van der Waals surface area contributed by atoms with Gasteiger partial charge in [0.1, 0.15) is 23.1 Å². The maximum atomic E-state index is 13.4. The van der Waals surface area contributed by atoms with E-state index < -0.39 is 15.8 Å². The maximum Gasteiger partial charge on any atom is 0.243 e. The molecule has 0 aliphatic carbocycles. The molecule has 0 saturated carbocycles. The maximum absolute atomic E-state index is 13.4. The van der Waals surface area contributed by atoms with Crippen molar-refractivity contribution in [2.75, 3.05) is 18.9 Å². The van der Waals surface area contributed by atoms with Crippen LogP contribution >= 0.6 is 0 Å². The van der Waals surface area contributed by atoms with E-state index in [1.165, 1.54) is 18.2 Å². The standard InChI is InChI=1S/C14H15FN2O3S/c15-13-6-1-2-7-14(13)21(18,19)17-8-9-20-12-5-3-4-11(16)10-12/h1-7,10,17H,8-9,16H2. The SMILES string of the molecule is Nc1cccc(OCCNS(=O)(=O)c2ccccc2F)c1. The van der Waals surface area contributed by atoms with E-state index in [4.69, 9.17) is 10.5 Å². The summed E-state index contributed by atoms with van der Waals surface area (Å²) in [7, 11) is -3.88. The van der Waals surface area contributed by atoms with E-state index in [0.717, 1.165) is 6.07 Å². The summed E-state index contributed by atoms with van der Waals surface area (Å²) in [4.78, 5) is -0.381. The Morgan fingerprint density at radius 2 is 1.90 bits per heavy atom. The zero-order valence-corrected chi connectivity index (χ0v) is 11.9. The van der Waals surface area contributed by atoms with E-state index in [2.05, 4.69) is 4.72 Å². The Kier molecular flexibility index (Phi) is 4.77. The largest absolute Gasteiger partial charge is 0.492 e. The van der Waals surface area contributed by atoms with Gasteiger partial charge in [-0.15, -0.1) is 0 Å². The minimum atomic E-state index is -3.88. The Morgan fingerprint density at radius 3 is 2.62 bits per heavy atom. The quantitative estimate of drug-likeness (QED) is 0.629. The first-order chi connectivity index (χ1) is 9.99. The first kappa shape index (κ1) is 15.3. The molecule has 0 radical (unpaired) electrons. The Morgan fingerprint density at radius 1 is 1.14 bits per heavy atom. The van der Waals surface area contributed by atoms with Gasteiger partial charge in [0.15, 0.2) is 0 Å². The second-order valence-corrected chi connectivity index (χ2v) is 5.98. The van der Waals surface area contributed by atoms with Crippen LogP contribution in [0.3, 0.4) is 0 Å². The molecular formula is C14H15FN2O3S. The van der Waals surface area contributed by atoms with Crippen LogP contribution in [0.4, 0.5) is 10.1 Å². The van der Waals surface area contributed by atoms with E-state index in [9.17, 15) is 12.8 Å². The Hall–Kier alpha value is -2.12. The molecule has 2 rings (SSSR count). The van der Waals surface area contributed by atoms with Crippen LogP contribution in [-0.2, 0) is 10.0 Å². The summed E-state index contributed by atoms with van der Waals surface area (Å²) >= 11 is 0. The molecule has 2 aromatic rings. The molecule has 3 N–H and O–H groups in total. The fraction of sp³-hybridized carbons (Fsp3) is 0.143. The lowest BCUT2D eigenvalue weighted by Crippen LogP contribution is -2.28. The molecule has 0 fully saturated rings. The predicted molar refractivity (Wildman–Crippen MR) is 77.9 cm³/mol. The van der Waals surface area contributed by atoms with Crippen molar-refractivity contribution in [3.63, 3.8) is 0 Å². The molecule has 0 aliphatic rings. The Labute approximate surface area is 122 Å². The van der Waals surface area contributed by atoms with E-state index >= 15 is 0 Å². The van der Waals surface area contributed by atoms with Crippen molar-refractivity contribution in [1.29, 1.82) is 0 Å². The van der Waals surface area contributed by atoms with Crippen LogP contribution < -0.4 is 15.2 Å². The van der Waals surface area contributed by atoms with E-state index in [0.29, 0.717) is 11.4 Å². The highest BCUT2D eigenvalue weighted by Crippen LogP contribution is 2.15. The molecule has 0 saturated heterocycles. The van der Waals surface area contributed by atoms with E-state index in [1.807, 2.05) is 0 Å². The molecule has 2 aromatic carbocycles. The van der Waals surface area contributed by atoms with Gasteiger partial charge in [-0.25, -0.2) is 17.5 Å². The van der Waals surface area contributed by atoms with Crippen LogP contribution in [0.25, 0.3) is 0 Å². The summed E-state index contributed by atoms with van der Waals surface area (Å²) in [6.45, 7) is 0.128. The van der Waals surface area contributed by atoms with Crippen molar-refractivity contribution in [2.45, 2.75) is 4.90 Å². The normalized spacial score (nSPS) is 11.3. The lowest BCUT2D eigenvalue weighted by molar-refractivity contribution is 0.323. The monoisotopic (exact) mass is 310 g/mol. The van der Waals surface area contributed by atoms with Crippen molar-refractivity contribution >= 4 is 15.7 Å². The molecule has 0 aliphatic heterocycles. The van der Waals surface area contributed by atoms with Gasteiger partial charge in [0.05, 0.1) is 0 Å². The summed E-state index contributed by atoms with van der Waals surface area (Å²) in [5, 5.41) is 0. The third kappa shape index (κ3) is 4.17. The van der Waals surface area contributed by atoms with Gasteiger partial charge in [-0.2, -0.15) is 0 Å². The molecule has 0 heterocycles. The highest BCUT2D eigenvalue weighted by atomic mass is 32.2. The number of hydrogen-bond acceptors (Lipinski definition) is 4. The highest BCUT2D eigenvalue weighted by molar-refractivity contribution is 7.89. The van der Waals surface area contributed by atoms with E-state index in [-0.39, 0.29) is 18.0 Å². The average molecular weight is 310 g/mol. The van der Waals surface area contributed by atoms with Gasteiger partial charge in [-0.3, -0.25) is 0 Å². The summed E-state index contributed by atoms with van der Waals surface area (Å²) in [6, 6.07) is 12.0. The smallest absolute Gasteiger partial charge is 0.243 e. The molecular weight excluding hydrogens is 295 g/mol. The second kappa shape index (κ2) is 6.55. The number of benzene rings is 2. The van der Waals surface area contributed by atoms with Crippen molar-refractivity contribution < 1.29 is 17.5 Å². The van der Waals surface area contributed by atoms with Crippen LogP contribution in [0.2, 0.25) is 0 Å². The fourth-order valence-corrected chi connectivity index (χ4v) is 2.78. The molecule has 21 heavy (non-hydrogen) atoms. The van der Waals surface area contributed by atoms with Gasteiger partial charge < -0.3 is 10.5 Å². The molecule has 0 aromatic heterocycles. The minimum Gasteiger partial charge on any atom is -0.492 e. The number of nitrogen functional groups attached to an aromatic ring is 1. The number of nitrogens with two attached hydrogens (primary N) is 1. The topological polar surface area (TPSA) is 81.4 Å². The zero-order valence-electron chi connectivity index (χ0n) is 11.1. The third-order valence-corrected chi connectivity index (χ3v) is 4.14. The first-order valence-corrected chi connectivity index (χ1v) is 7.70. The number of sulfonamides is 1. The number of anilines is 1. The summed E-state index contributed by atoms with van der Waals surface area (Å²) in [6.07, 6.45) is 0. The van der Waals surface area contributed by atoms with Crippen molar-refractivity contribution in [3.05, 3.63) is 54.3 Å². The molecule has 0 bridgehead atoms. The molecule has 0 amide bonds. The van der Waals surface area contributed by atoms with Gasteiger partial charge in [-0.1, -0.05) is 18.2 Å². The molecule has 0 atom stereocenters. The average Bonchev–Trinajstić information content (AvgIpc) is 2.44. The van der Waals surface area contributed by atoms with Gasteiger partial charge >= 0.3 is 0 Å². The molecule has 112 valence electrons. The zero-order chi connectivity index (χ0) is 15.3. The molecule has 0 unspecified atom stereocenters. The minimum absolute atomic E-state index is 0.0193. The number of nitrogens with one attached hydrogen (secondary N) is 1. The Bertz CT molecular complexity index is 720. The van der Waals surface area contributed by atoms with Crippen molar-refractivity contribution in [1.82, 2.24) is 4.72 Å². The lowest BCUT2D eigenvalue weighted by atomic mass is 10.3. The number of halogens is 1. The first-order valence-electron chi connectivity index (χ1n) is 6.21. The van der Waals surface area contributed by atoms with Crippen LogP contribution in [0, 0.1) is 5.82 Å². The fourth-order valence-electron chi connectivity index (χ4n) is 1.69. The highest BCUT2D eigenvalue weighted by Gasteiger charge is 2.17.